The Morgan fingerprint density at radius 3 is 2.39 bits per heavy atom. The van der Waals surface area contributed by atoms with Crippen molar-refractivity contribution in [2.75, 3.05) is 19.7 Å². The van der Waals surface area contributed by atoms with Crippen LogP contribution >= 0.6 is 30.8 Å². The molecule has 186 valence electrons. The standard InChI is InChI=1S/C23H36ClN2O5PS/c1-3-5-7-8-9-10-11-12-15-25-16-17-26(23(25)31-32(27,28)29)19-20(30-18-6-4-2)21-13-14-22(24)33-21/h13-14,16-17,20,23H,3,5,7-12,15,18-19H2,1-2H3,(H2,27,28,29). The van der Waals surface area contributed by atoms with Crippen molar-refractivity contribution in [3.8, 4) is 11.8 Å². The fourth-order valence-corrected chi connectivity index (χ4v) is 5.24. The lowest BCUT2D eigenvalue weighted by Crippen LogP contribution is -2.42. The molecule has 1 aliphatic heterocycles. The first-order valence-corrected chi connectivity index (χ1v) is 14.3. The molecule has 2 N–H and O–H groups in total. The fourth-order valence-electron chi connectivity index (χ4n) is 3.65. The minimum atomic E-state index is -4.69. The van der Waals surface area contributed by atoms with Gasteiger partial charge in [-0.25, -0.2) is 9.09 Å². The minimum absolute atomic E-state index is 0.250. The Morgan fingerprint density at radius 2 is 1.79 bits per heavy atom. The molecule has 1 aromatic rings. The van der Waals surface area contributed by atoms with Gasteiger partial charge in [0.1, 0.15) is 12.7 Å². The molecule has 0 bridgehead atoms. The highest BCUT2D eigenvalue weighted by atomic mass is 35.5. The second-order valence-corrected chi connectivity index (χ2v) is 10.9. The summed E-state index contributed by atoms with van der Waals surface area (Å²) in [7, 11) is -4.69. The van der Waals surface area contributed by atoms with E-state index in [4.69, 9.17) is 20.9 Å². The van der Waals surface area contributed by atoms with Gasteiger partial charge in [-0.1, -0.05) is 69.4 Å². The maximum absolute atomic E-state index is 11.7. The van der Waals surface area contributed by atoms with Gasteiger partial charge in [0.25, 0.3) is 0 Å². The van der Waals surface area contributed by atoms with Crippen molar-refractivity contribution >= 4 is 30.8 Å². The van der Waals surface area contributed by atoms with Crippen LogP contribution in [0, 0.1) is 11.8 Å². The molecule has 10 heteroatoms. The number of hydrogen-bond acceptors (Lipinski definition) is 6. The Hall–Kier alpha value is -1.04. The molecule has 0 saturated heterocycles. The van der Waals surface area contributed by atoms with Gasteiger partial charge in [0.2, 0.25) is 6.35 Å². The van der Waals surface area contributed by atoms with Crippen LogP contribution in [0.1, 0.15) is 76.2 Å². The van der Waals surface area contributed by atoms with Crippen LogP contribution in [0.2, 0.25) is 4.34 Å². The summed E-state index contributed by atoms with van der Waals surface area (Å²) in [4.78, 5) is 23.5. The molecule has 0 radical (unpaired) electrons. The first-order valence-electron chi connectivity index (χ1n) is 11.5. The van der Waals surface area contributed by atoms with Gasteiger partial charge < -0.3 is 24.3 Å². The highest BCUT2D eigenvalue weighted by Crippen LogP contribution is 2.41. The molecule has 7 nitrogen and oxygen atoms in total. The van der Waals surface area contributed by atoms with E-state index in [2.05, 4.69) is 18.8 Å². The Balaban J connectivity index is 1.95. The largest absolute Gasteiger partial charge is 0.472 e. The summed E-state index contributed by atoms with van der Waals surface area (Å²) in [5.41, 5.74) is 0. The second-order valence-electron chi connectivity index (χ2n) is 8.00. The van der Waals surface area contributed by atoms with Crippen molar-refractivity contribution in [3.05, 3.63) is 33.7 Å². The molecule has 2 heterocycles. The summed E-state index contributed by atoms with van der Waals surface area (Å²) in [6, 6.07) is 3.70. The van der Waals surface area contributed by atoms with E-state index in [-0.39, 0.29) is 12.7 Å². The van der Waals surface area contributed by atoms with Crippen LogP contribution in [0.25, 0.3) is 0 Å². The molecule has 0 amide bonds. The molecular weight excluding hydrogens is 483 g/mol. The number of halogens is 1. The normalized spacial score (nSPS) is 16.8. The van der Waals surface area contributed by atoms with Crippen LogP contribution in [0.15, 0.2) is 24.5 Å². The Labute approximate surface area is 206 Å². The lowest BCUT2D eigenvalue weighted by molar-refractivity contribution is -0.0640. The van der Waals surface area contributed by atoms with Crippen molar-refractivity contribution in [3.63, 3.8) is 0 Å². The van der Waals surface area contributed by atoms with E-state index < -0.39 is 14.2 Å². The minimum Gasteiger partial charge on any atom is -0.358 e. The monoisotopic (exact) mass is 518 g/mol. The number of phosphoric ester groups is 1. The summed E-state index contributed by atoms with van der Waals surface area (Å²) in [6.07, 6.45) is 11.9. The molecule has 0 fully saturated rings. The molecule has 0 saturated carbocycles. The molecule has 1 aromatic heterocycles. The quantitative estimate of drug-likeness (QED) is 0.155. The SMILES string of the molecule is CC#CCOC(CN1C=CN(CCCCCCCCCC)C1OP(=O)(O)O)c1ccc(Cl)s1. The van der Waals surface area contributed by atoms with Crippen molar-refractivity contribution in [1.82, 2.24) is 9.80 Å². The van der Waals surface area contributed by atoms with Crippen LogP contribution in [0.3, 0.4) is 0 Å². The predicted molar refractivity (Wildman–Crippen MR) is 134 cm³/mol. The summed E-state index contributed by atoms with van der Waals surface area (Å²) < 4.78 is 23.4. The molecule has 0 aliphatic carbocycles. The number of nitrogens with zero attached hydrogens (tertiary/aromatic N) is 2. The van der Waals surface area contributed by atoms with E-state index in [0.29, 0.717) is 17.4 Å². The average Bonchev–Trinajstić information content (AvgIpc) is 3.34. The molecule has 33 heavy (non-hydrogen) atoms. The second kappa shape index (κ2) is 15.1. The van der Waals surface area contributed by atoms with E-state index in [1.54, 1.807) is 24.1 Å². The third-order valence-electron chi connectivity index (χ3n) is 5.34. The van der Waals surface area contributed by atoms with E-state index in [9.17, 15) is 14.4 Å². The number of phosphoric acid groups is 1. The Kier molecular flexibility index (Phi) is 12.9. The summed E-state index contributed by atoms with van der Waals surface area (Å²) >= 11 is 7.52. The van der Waals surface area contributed by atoms with Gasteiger partial charge in [0.05, 0.1) is 10.9 Å². The Bertz CT molecular complexity index is 834. The Morgan fingerprint density at radius 1 is 1.12 bits per heavy atom. The molecule has 1 aliphatic rings. The van der Waals surface area contributed by atoms with Gasteiger partial charge in [-0.05, 0) is 25.5 Å². The van der Waals surface area contributed by atoms with Gasteiger partial charge in [-0.3, -0.25) is 0 Å². The maximum atomic E-state index is 11.7. The van der Waals surface area contributed by atoms with Crippen molar-refractivity contribution in [2.24, 2.45) is 0 Å². The van der Waals surface area contributed by atoms with E-state index in [1.807, 2.05) is 17.2 Å². The first-order chi connectivity index (χ1) is 15.8. The van der Waals surface area contributed by atoms with Crippen molar-refractivity contribution < 1.29 is 23.6 Å². The highest BCUT2D eigenvalue weighted by molar-refractivity contribution is 7.46. The topological polar surface area (TPSA) is 82.5 Å². The van der Waals surface area contributed by atoms with Crippen LogP contribution < -0.4 is 0 Å². The summed E-state index contributed by atoms with van der Waals surface area (Å²) in [5.74, 6) is 5.70. The number of hydrogen-bond donors (Lipinski definition) is 2. The van der Waals surface area contributed by atoms with Gasteiger partial charge in [-0.2, -0.15) is 0 Å². The van der Waals surface area contributed by atoms with Crippen molar-refractivity contribution in [2.45, 2.75) is 77.7 Å². The zero-order valence-corrected chi connectivity index (χ0v) is 22.0. The average molecular weight is 519 g/mol. The number of thiophene rings is 1. The third-order valence-corrected chi connectivity index (χ3v) is 7.13. The molecule has 2 atom stereocenters. The number of ether oxygens (including phenoxy) is 1. The zero-order valence-electron chi connectivity index (χ0n) is 19.5. The maximum Gasteiger partial charge on any atom is 0.472 e. The van der Waals surface area contributed by atoms with E-state index >= 15 is 0 Å². The first kappa shape index (κ1) is 28.2. The van der Waals surface area contributed by atoms with Crippen LogP contribution in [0.4, 0.5) is 0 Å². The lowest BCUT2D eigenvalue weighted by atomic mass is 10.1. The third kappa shape index (κ3) is 10.8. The highest BCUT2D eigenvalue weighted by Gasteiger charge is 2.35. The molecular formula is C23H36ClN2O5PS. The predicted octanol–water partition coefficient (Wildman–Crippen LogP) is 6.10. The molecule has 2 rings (SSSR count). The lowest BCUT2D eigenvalue weighted by Gasteiger charge is -2.33. The van der Waals surface area contributed by atoms with E-state index in [1.165, 1.54) is 49.9 Å². The molecule has 0 spiro atoms. The number of rotatable bonds is 16. The summed E-state index contributed by atoms with van der Waals surface area (Å²) in [5, 5.41) is 0. The smallest absolute Gasteiger partial charge is 0.358 e. The van der Waals surface area contributed by atoms with Crippen molar-refractivity contribution in [1.29, 1.82) is 0 Å². The van der Waals surface area contributed by atoms with Gasteiger partial charge in [-0.15, -0.1) is 17.3 Å². The zero-order chi connectivity index (χ0) is 24.1. The summed E-state index contributed by atoms with van der Waals surface area (Å²) in [6.45, 7) is 5.21. The van der Waals surface area contributed by atoms with Gasteiger partial charge >= 0.3 is 7.82 Å². The number of unbranched alkanes of at least 4 members (excludes halogenated alkanes) is 7. The van der Waals surface area contributed by atoms with Crippen LogP contribution in [-0.4, -0.2) is 45.6 Å². The molecule has 2 unspecified atom stereocenters. The van der Waals surface area contributed by atoms with E-state index in [0.717, 1.165) is 17.7 Å². The van der Waals surface area contributed by atoms with Gasteiger partial charge in [0.15, 0.2) is 0 Å². The van der Waals surface area contributed by atoms with Crippen LogP contribution in [-0.2, 0) is 13.8 Å². The fraction of sp³-hybridized carbons (Fsp3) is 0.652. The molecule has 0 aromatic carbocycles. The van der Waals surface area contributed by atoms with Crippen LogP contribution in [0.5, 0.6) is 0 Å². The van der Waals surface area contributed by atoms with Gasteiger partial charge in [0, 0.05) is 23.8 Å².